The fourth-order valence-electron chi connectivity index (χ4n) is 1.17. The minimum absolute atomic E-state index is 0.0317. The molecule has 14 heavy (non-hydrogen) atoms. The van der Waals surface area contributed by atoms with E-state index in [1.54, 1.807) is 18.3 Å². The SMILES string of the molecule is CC1(/C(N)=N/c2ncccc2O)CC1. The van der Waals surface area contributed by atoms with Crippen LogP contribution in [0.15, 0.2) is 23.3 Å². The summed E-state index contributed by atoms with van der Waals surface area (Å²) in [6.07, 6.45) is 3.72. The van der Waals surface area contributed by atoms with Crippen molar-refractivity contribution in [1.29, 1.82) is 0 Å². The first kappa shape index (κ1) is 8.99. The van der Waals surface area contributed by atoms with Gasteiger partial charge < -0.3 is 10.8 Å². The summed E-state index contributed by atoms with van der Waals surface area (Å²) in [5.74, 6) is 0.935. The summed E-state index contributed by atoms with van der Waals surface area (Å²) in [7, 11) is 0. The Morgan fingerprint density at radius 1 is 1.64 bits per heavy atom. The number of hydrogen-bond acceptors (Lipinski definition) is 3. The second-order valence-corrected chi connectivity index (χ2v) is 3.90. The average molecular weight is 191 g/mol. The standard InChI is InChI=1S/C10H13N3O/c1-10(4-5-10)9(11)13-8-7(14)3-2-6-12-8/h2-3,6,14H,4-5H2,1H3,(H2,11,12,13). The summed E-state index contributed by atoms with van der Waals surface area (Å²) >= 11 is 0. The Kier molecular flexibility index (Phi) is 1.91. The minimum atomic E-state index is 0.0317. The average Bonchev–Trinajstić information content (AvgIpc) is 2.89. The molecule has 0 amide bonds. The van der Waals surface area contributed by atoms with Crippen LogP contribution in [0.2, 0.25) is 0 Å². The minimum Gasteiger partial charge on any atom is -0.504 e. The van der Waals surface area contributed by atoms with Crippen LogP contribution in [0.25, 0.3) is 0 Å². The highest BCUT2D eigenvalue weighted by Gasteiger charge is 2.41. The van der Waals surface area contributed by atoms with Crippen LogP contribution in [0.5, 0.6) is 5.75 Å². The Morgan fingerprint density at radius 2 is 2.36 bits per heavy atom. The van der Waals surface area contributed by atoms with Crippen molar-refractivity contribution >= 4 is 11.7 Å². The molecule has 1 saturated carbocycles. The number of aliphatic imine (C=N–C) groups is 1. The quantitative estimate of drug-likeness (QED) is 0.550. The van der Waals surface area contributed by atoms with E-state index in [2.05, 4.69) is 16.9 Å². The molecule has 3 N–H and O–H groups in total. The third-order valence-corrected chi connectivity index (χ3v) is 2.61. The molecule has 0 aromatic carbocycles. The third-order valence-electron chi connectivity index (χ3n) is 2.61. The lowest BCUT2D eigenvalue weighted by Crippen LogP contribution is -2.22. The van der Waals surface area contributed by atoms with Gasteiger partial charge in [-0.1, -0.05) is 6.92 Å². The van der Waals surface area contributed by atoms with Crippen molar-refractivity contribution in [2.24, 2.45) is 16.1 Å². The molecule has 0 saturated heterocycles. The molecule has 1 aromatic rings. The van der Waals surface area contributed by atoms with Crippen LogP contribution in [-0.2, 0) is 0 Å². The van der Waals surface area contributed by atoms with Crippen molar-refractivity contribution < 1.29 is 5.11 Å². The molecule has 1 aromatic heterocycles. The predicted octanol–water partition coefficient (Wildman–Crippen LogP) is 1.58. The van der Waals surface area contributed by atoms with Crippen LogP contribution in [0, 0.1) is 5.41 Å². The second-order valence-electron chi connectivity index (χ2n) is 3.90. The zero-order chi connectivity index (χ0) is 10.2. The summed E-state index contributed by atoms with van der Waals surface area (Å²) in [5.41, 5.74) is 5.84. The largest absolute Gasteiger partial charge is 0.504 e. The number of nitrogens with two attached hydrogens (primary N) is 1. The van der Waals surface area contributed by atoms with Gasteiger partial charge in [-0.2, -0.15) is 0 Å². The monoisotopic (exact) mass is 191 g/mol. The number of aromatic nitrogens is 1. The number of pyridine rings is 1. The van der Waals surface area contributed by atoms with Gasteiger partial charge in [0.1, 0.15) is 5.84 Å². The maximum absolute atomic E-state index is 9.42. The lowest BCUT2D eigenvalue weighted by Gasteiger charge is -2.06. The molecule has 4 nitrogen and oxygen atoms in total. The fraction of sp³-hybridized carbons (Fsp3) is 0.400. The molecule has 0 aliphatic heterocycles. The summed E-state index contributed by atoms with van der Waals surface area (Å²) in [6.45, 7) is 2.06. The zero-order valence-corrected chi connectivity index (χ0v) is 8.07. The van der Waals surface area contributed by atoms with Gasteiger partial charge in [-0.15, -0.1) is 0 Å². The van der Waals surface area contributed by atoms with Crippen molar-refractivity contribution in [3.8, 4) is 5.75 Å². The van der Waals surface area contributed by atoms with Gasteiger partial charge in [0.25, 0.3) is 0 Å². The van der Waals surface area contributed by atoms with E-state index in [1.807, 2.05) is 0 Å². The predicted molar refractivity (Wildman–Crippen MR) is 54.5 cm³/mol. The van der Waals surface area contributed by atoms with E-state index in [4.69, 9.17) is 5.73 Å². The highest BCUT2D eigenvalue weighted by atomic mass is 16.3. The Labute approximate surface area is 82.5 Å². The number of aromatic hydroxyl groups is 1. The van der Waals surface area contributed by atoms with E-state index in [9.17, 15) is 5.11 Å². The van der Waals surface area contributed by atoms with Crippen molar-refractivity contribution in [3.63, 3.8) is 0 Å². The number of hydrogen-bond donors (Lipinski definition) is 2. The molecule has 0 radical (unpaired) electrons. The van der Waals surface area contributed by atoms with Crippen LogP contribution in [-0.4, -0.2) is 15.9 Å². The molecule has 4 heteroatoms. The van der Waals surface area contributed by atoms with Crippen molar-refractivity contribution in [2.75, 3.05) is 0 Å². The Hall–Kier alpha value is -1.58. The topological polar surface area (TPSA) is 71.5 Å². The van der Waals surface area contributed by atoms with Crippen LogP contribution in [0.4, 0.5) is 5.82 Å². The van der Waals surface area contributed by atoms with E-state index >= 15 is 0 Å². The lowest BCUT2D eigenvalue weighted by molar-refractivity contribution is 0.474. The molecule has 1 aliphatic rings. The van der Waals surface area contributed by atoms with Crippen molar-refractivity contribution in [3.05, 3.63) is 18.3 Å². The van der Waals surface area contributed by atoms with E-state index in [0.717, 1.165) is 12.8 Å². The first-order chi connectivity index (χ1) is 6.62. The van der Waals surface area contributed by atoms with Gasteiger partial charge in [0.05, 0.1) is 0 Å². The number of amidine groups is 1. The molecule has 0 bridgehead atoms. The molecular weight excluding hydrogens is 178 g/mol. The first-order valence-corrected chi connectivity index (χ1v) is 4.60. The van der Waals surface area contributed by atoms with Crippen LogP contribution in [0.3, 0.4) is 0 Å². The second kappa shape index (κ2) is 2.97. The maximum atomic E-state index is 9.42. The van der Waals surface area contributed by atoms with E-state index < -0.39 is 0 Å². The van der Waals surface area contributed by atoms with E-state index in [1.165, 1.54) is 0 Å². The smallest absolute Gasteiger partial charge is 0.196 e. The van der Waals surface area contributed by atoms with Gasteiger partial charge in [-0.3, -0.25) is 0 Å². The molecule has 0 unspecified atom stereocenters. The van der Waals surface area contributed by atoms with E-state index in [-0.39, 0.29) is 11.2 Å². The van der Waals surface area contributed by atoms with Gasteiger partial charge in [0.2, 0.25) is 0 Å². The zero-order valence-electron chi connectivity index (χ0n) is 8.07. The van der Waals surface area contributed by atoms with Gasteiger partial charge in [0.15, 0.2) is 11.6 Å². The highest BCUT2D eigenvalue weighted by Crippen LogP contribution is 2.45. The molecule has 74 valence electrons. The van der Waals surface area contributed by atoms with Crippen LogP contribution in [0.1, 0.15) is 19.8 Å². The van der Waals surface area contributed by atoms with Crippen molar-refractivity contribution in [2.45, 2.75) is 19.8 Å². The Balaban J connectivity index is 2.29. The van der Waals surface area contributed by atoms with Crippen LogP contribution < -0.4 is 5.73 Å². The van der Waals surface area contributed by atoms with Gasteiger partial charge in [-0.05, 0) is 25.0 Å². The summed E-state index contributed by atoms with van der Waals surface area (Å²) in [4.78, 5) is 8.07. The van der Waals surface area contributed by atoms with E-state index in [0.29, 0.717) is 11.7 Å². The lowest BCUT2D eigenvalue weighted by atomic mass is 10.1. The van der Waals surface area contributed by atoms with Crippen LogP contribution >= 0.6 is 0 Å². The molecular formula is C10H13N3O. The summed E-state index contributed by atoms with van der Waals surface area (Å²) in [6, 6.07) is 3.21. The molecule has 1 fully saturated rings. The molecule has 2 rings (SSSR count). The molecule has 0 atom stereocenters. The Bertz CT molecular complexity index is 383. The number of rotatable bonds is 2. The molecule has 0 spiro atoms. The fourth-order valence-corrected chi connectivity index (χ4v) is 1.17. The first-order valence-electron chi connectivity index (χ1n) is 4.60. The van der Waals surface area contributed by atoms with Crippen molar-refractivity contribution in [1.82, 2.24) is 4.98 Å². The third kappa shape index (κ3) is 1.55. The maximum Gasteiger partial charge on any atom is 0.196 e. The highest BCUT2D eigenvalue weighted by molar-refractivity contribution is 5.90. The van der Waals surface area contributed by atoms with Gasteiger partial charge in [-0.25, -0.2) is 9.98 Å². The number of nitrogens with zero attached hydrogens (tertiary/aromatic N) is 2. The molecule has 1 aliphatic carbocycles. The Morgan fingerprint density at radius 3 is 2.93 bits per heavy atom. The van der Waals surface area contributed by atoms with Gasteiger partial charge >= 0.3 is 0 Å². The summed E-state index contributed by atoms with van der Waals surface area (Å²) < 4.78 is 0. The normalized spacial score (nSPS) is 19.4. The molecule has 1 heterocycles. The van der Waals surface area contributed by atoms with Gasteiger partial charge in [0, 0.05) is 11.6 Å². The summed E-state index contributed by atoms with van der Waals surface area (Å²) in [5, 5.41) is 9.42.